The molecule has 3 aliphatic rings. The Balaban J connectivity index is 1.47. The van der Waals surface area contributed by atoms with Gasteiger partial charge in [-0.3, -0.25) is 4.72 Å². The number of halogens is 7. The summed E-state index contributed by atoms with van der Waals surface area (Å²) in [7, 11) is 1.04. The van der Waals surface area contributed by atoms with Crippen molar-refractivity contribution in [3.63, 3.8) is 0 Å². The van der Waals surface area contributed by atoms with Crippen molar-refractivity contribution < 1.29 is 26.0 Å². The maximum atomic E-state index is 15.4. The van der Waals surface area contributed by atoms with E-state index in [1.165, 1.54) is 24.4 Å². The number of sulfonamides is 1. The van der Waals surface area contributed by atoms with Crippen LogP contribution in [0.2, 0.25) is 5.02 Å². The highest BCUT2D eigenvalue weighted by Crippen LogP contribution is 2.82. The first kappa shape index (κ1) is 32.3. The standard InChI is InChI=1S/C28H30Cl3F4N5O2S/c1-25(8-5-6-16(13-25)28(33,34)35)26-14-21(39(2)3)20(12-23(26)27(26,30)31)40(4)19-11-18(32)22(10-17(19)29)43(41,42)38-24-7-9-36-15-37-24/h5-7,9-11,13,15,20-21,23H,8,12,14H2,1-4H3,(H,36,37,38)/t20-,21-,23?,25?,26-/m0/s1. The smallest absolute Gasteiger partial charge is 0.369 e. The maximum Gasteiger partial charge on any atom is 0.416 e. The predicted octanol–water partition coefficient (Wildman–Crippen LogP) is 6.84. The van der Waals surface area contributed by atoms with Crippen LogP contribution in [0.4, 0.5) is 29.1 Å². The number of anilines is 2. The van der Waals surface area contributed by atoms with Crippen LogP contribution < -0.4 is 9.62 Å². The Morgan fingerprint density at radius 3 is 2.44 bits per heavy atom. The number of alkyl halides is 5. The highest BCUT2D eigenvalue weighted by atomic mass is 35.5. The average molecular weight is 683 g/mol. The van der Waals surface area contributed by atoms with E-state index in [1.54, 1.807) is 18.9 Å². The summed E-state index contributed by atoms with van der Waals surface area (Å²) in [4.78, 5) is 10.6. The van der Waals surface area contributed by atoms with Crippen LogP contribution in [0, 0.1) is 22.6 Å². The summed E-state index contributed by atoms with van der Waals surface area (Å²) >= 11 is 20.5. The zero-order chi connectivity index (χ0) is 31.8. The molecule has 5 rings (SSSR count). The minimum Gasteiger partial charge on any atom is -0.369 e. The van der Waals surface area contributed by atoms with Crippen molar-refractivity contribution in [1.29, 1.82) is 0 Å². The lowest BCUT2D eigenvalue weighted by molar-refractivity contribution is -0.0901. The Morgan fingerprint density at radius 2 is 1.84 bits per heavy atom. The second-order valence-electron chi connectivity index (χ2n) is 11.9. The average Bonchev–Trinajstić information content (AvgIpc) is 3.44. The van der Waals surface area contributed by atoms with Crippen molar-refractivity contribution >= 4 is 56.3 Å². The summed E-state index contributed by atoms with van der Waals surface area (Å²) in [6.07, 6.45) is 2.95. The first-order chi connectivity index (χ1) is 19.9. The van der Waals surface area contributed by atoms with Crippen LogP contribution in [0.3, 0.4) is 0 Å². The lowest BCUT2D eigenvalue weighted by Crippen LogP contribution is -2.54. The second-order valence-corrected chi connectivity index (χ2v) is 15.3. The molecule has 1 aromatic heterocycles. The summed E-state index contributed by atoms with van der Waals surface area (Å²) < 4.78 is 83.4. The van der Waals surface area contributed by atoms with E-state index in [2.05, 4.69) is 14.7 Å². The van der Waals surface area contributed by atoms with Gasteiger partial charge >= 0.3 is 6.18 Å². The molecule has 3 aliphatic carbocycles. The van der Waals surface area contributed by atoms with Crippen molar-refractivity contribution in [2.24, 2.45) is 16.7 Å². The molecular weight excluding hydrogens is 653 g/mol. The number of benzene rings is 1. The van der Waals surface area contributed by atoms with Crippen LogP contribution >= 0.6 is 34.8 Å². The Morgan fingerprint density at radius 1 is 1.14 bits per heavy atom. The van der Waals surface area contributed by atoms with Gasteiger partial charge in [-0.1, -0.05) is 36.8 Å². The summed E-state index contributed by atoms with van der Waals surface area (Å²) in [6, 6.07) is 2.80. The molecule has 43 heavy (non-hydrogen) atoms. The Hall–Kier alpha value is -2.12. The zero-order valence-electron chi connectivity index (χ0n) is 23.6. The molecule has 0 spiro atoms. The number of hydrogen-bond donors (Lipinski definition) is 1. The third kappa shape index (κ3) is 5.30. The van der Waals surface area contributed by atoms with E-state index in [9.17, 15) is 21.6 Å². The molecule has 2 unspecified atom stereocenters. The topological polar surface area (TPSA) is 78.4 Å². The number of nitrogens with one attached hydrogen (secondary N) is 1. The van der Waals surface area contributed by atoms with Gasteiger partial charge in [0.1, 0.15) is 27.2 Å². The zero-order valence-corrected chi connectivity index (χ0v) is 26.7. The van der Waals surface area contributed by atoms with Crippen LogP contribution in [0.1, 0.15) is 26.2 Å². The van der Waals surface area contributed by atoms with Crippen molar-refractivity contribution in [3.05, 3.63) is 65.4 Å². The number of fused-ring (bicyclic) bond motifs is 1. The van der Waals surface area contributed by atoms with Crippen molar-refractivity contribution in [1.82, 2.24) is 14.9 Å². The highest BCUT2D eigenvalue weighted by Gasteiger charge is 2.83. The van der Waals surface area contributed by atoms with E-state index in [0.29, 0.717) is 19.3 Å². The minimum atomic E-state index is -4.51. The lowest BCUT2D eigenvalue weighted by Gasteiger charge is -2.49. The number of rotatable bonds is 7. The molecule has 2 aromatic rings. The lowest BCUT2D eigenvalue weighted by atomic mass is 9.62. The molecule has 1 heterocycles. The van der Waals surface area contributed by atoms with Crippen molar-refractivity contribution in [2.75, 3.05) is 30.8 Å². The Labute approximate surface area is 263 Å². The van der Waals surface area contributed by atoms with E-state index in [-0.39, 0.29) is 34.5 Å². The van der Waals surface area contributed by atoms with Crippen LogP contribution in [-0.2, 0) is 10.0 Å². The van der Waals surface area contributed by atoms with Gasteiger partial charge < -0.3 is 9.80 Å². The predicted molar refractivity (Wildman–Crippen MR) is 160 cm³/mol. The second kappa shape index (κ2) is 10.8. The SMILES string of the molecule is CN(C)[C@H]1C[C@@]2(C3(C)C=C(C(F)(F)F)C=CC3)C(C[C@@H]1N(C)c1cc(F)c(S(=O)(=O)Nc3ccncn3)cc1Cl)C2(Cl)Cl. The molecule has 2 fully saturated rings. The molecule has 0 bridgehead atoms. The quantitative estimate of drug-likeness (QED) is 0.255. The fraction of sp³-hybridized carbons (Fsp3) is 0.500. The normalized spacial score (nSPS) is 30.0. The van der Waals surface area contributed by atoms with Gasteiger partial charge in [0.05, 0.1) is 16.3 Å². The summed E-state index contributed by atoms with van der Waals surface area (Å²) in [5.74, 6) is -1.43. The monoisotopic (exact) mass is 681 g/mol. The van der Waals surface area contributed by atoms with E-state index < -0.39 is 47.6 Å². The highest BCUT2D eigenvalue weighted by molar-refractivity contribution is 7.92. The molecule has 0 radical (unpaired) electrons. The molecule has 1 N–H and O–H groups in total. The molecule has 234 valence electrons. The van der Waals surface area contributed by atoms with E-state index >= 15 is 4.39 Å². The molecule has 1 aromatic carbocycles. The number of hydrogen-bond acceptors (Lipinski definition) is 6. The number of aromatic nitrogens is 2. The first-order valence-electron chi connectivity index (χ1n) is 13.4. The van der Waals surface area contributed by atoms with E-state index in [1.807, 2.05) is 19.0 Å². The first-order valence-corrected chi connectivity index (χ1v) is 16.0. The van der Waals surface area contributed by atoms with Crippen molar-refractivity contribution in [3.8, 4) is 0 Å². The molecule has 0 saturated heterocycles. The molecule has 2 saturated carbocycles. The number of nitrogens with zero attached hydrogens (tertiary/aromatic N) is 4. The largest absolute Gasteiger partial charge is 0.416 e. The van der Waals surface area contributed by atoms with Gasteiger partial charge in [-0.25, -0.2) is 22.8 Å². The number of likely N-dealkylation sites (N-methyl/N-ethyl adjacent to an activating group) is 2. The molecule has 15 heteroatoms. The molecular formula is C28H30Cl3F4N5O2S. The molecule has 0 amide bonds. The van der Waals surface area contributed by atoms with Gasteiger partial charge in [-0.05, 0) is 50.9 Å². The van der Waals surface area contributed by atoms with Crippen LogP contribution in [-0.4, -0.2) is 67.0 Å². The van der Waals surface area contributed by atoms with Crippen LogP contribution in [0.5, 0.6) is 0 Å². The van der Waals surface area contributed by atoms with E-state index in [4.69, 9.17) is 34.8 Å². The van der Waals surface area contributed by atoms with Gasteiger partial charge in [-0.15, -0.1) is 23.2 Å². The van der Waals surface area contributed by atoms with Crippen molar-refractivity contribution in [2.45, 2.75) is 53.7 Å². The summed E-state index contributed by atoms with van der Waals surface area (Å²) in [5, 5.41) is -0.0118. The van der Waals surface area contributed by atoms with Gasteiger partial charge in [0, 0.05) is 42.7 Å². The minimum absolute atomic E-state index is 0.0118. The maximum absolute atomic E-state index is 15.4. The van der Waals surface area contributed by atoms with Gasteiger partial charge in [-0.2, -0.15) is 13.2 Å². The molecule has 0 aliphatic heterocycles. The van der Waals surface area contributed by atoms with Gasteiger partial charge in [0.25, 0.3) is 10.0 Å². The Kier molecular flexibility index (Phi) is 8.07. The summed E-state index contributed by atoms with van der Waals surface area (Å²) in [6.45, 7) is 1.78. The molecule has 7 nitrogen and oxygen atoms in total. The van der Waals surface area contributed by atoms with Gasteiger partial charge in [0.15, 0.2) is 0 Å². The van der Waals surface area contributed by atoms with Crippen LogP contribution in [0.15, 0.2) is 59.4 Å². The fourth-order valence-corrected chi connectivity index (χ4v) is 9.81. The van der Waals surface area contributed by atoms with Gasteiger partial charge in [0.2, 0.25) is 0 Å². The Bertz CT molecular complexity index is 1590. The van der Waals surface area contributed by atoms with E-state index in [0.717, 1.165) is 24.5 Å². The summed E-state index contributed by atoms with van der Waals surface area (Å²) in [5.41, 5.74) is -2.30. The third-order valence-corrected chi connectivity index (χ3v) is 12.2. The fourth-order valence-electron chi connectivity index (χ4n) is 7.06. The molecule has 5 atom stereocenters. The van der Waals surface area contributed by atoms with Crippen LogP contribution in [0.25, 0.3) is 0 Å². The third-order valence-electron chi connectivity index (χ3n) is 9.31. The number of allylic oxidation sites excluding steroid dienone is 4.